The van der Waals surface area contributed by atoms with Crippen molar-refractivity contribution in [3.05, 3.63) is 0 Å². The van der Waals surface area contributed by atoms with Crippen molar-refractivity contribution in [3.63, 3.8) is 0 Å². The Hall–Kier alpha value is -0.410. The van der Waals surface area contributed by atoms with Crippen LogP contribution >= 0.6 is 0 Å². The molecule has 0 saturated carbocycles. The summed E-state index contributed by atoms with van der Waals surface area (Å²) in [5.74, 6) is 0.280. The molecular formula is C9H18O3. The first-order valence-electron chi connectivity index (χ1n) is 4.30. The minimum Gasteiger partial charge on any atom is -0.359 e. The van der Waals surface area contributed by atoms with Gasteiger partial charge >= 0.3 is 0 Å². The van der Waals surface area contributed by atoms with E-state index < -0.39 is 0 Å². The predicted octanol–water partition coefficient (Wildman–Crippen LogP) is 1.61. The van der Waals surface area contributed by atoms with Crippen LogP contribution in [0.25, 0.3) is 0 Å². The minimum atomic E-state index is 0.134. The summed E-state index contributed by atoms with van der Waals surface area (Å²) in [6.07, 6.45) is 2.54. The largest absolute Gasteiger partial charge is 0.359 e. The Balaban J connectivity index is 3.69. The first kappa shape index (κ1) is 11.6. The molecular weight excluding hydrogens is 156 g/mol. The number of rotatable bonds is 7. The van der Waals surface area contributed by atoms with Crippen molar-refractivity contribution in [2.24, 2.45) is 5.92 Å². The molecule has 3 heteroatoms. The van der Waals surface area contributed by atoms with Crippen LogP contribution in [0.4, 0.5) is 0 Å². The quantitative estimate of drug-likeness (QED) is 0.434. The van der Waals surface area contributed by atoms with Gasteiger partial charge in [0.15, 0.2) is 0 Å². The zero-order valence-corrected chi connectivity index (χ0v) is 8.08. The van der Waals surface area contributed by atoms with E-state index in [1.165, 1.54) is 0 Å². The van der Waals surface area contributed by atoms with Crippen molar-refractivity contribution in [2.75, 3.05) is 13.9 Å². The standard InChI is InChI=1S/C9H18O3/c1-4-9(12-7-11-3)8(2)5-6-10/h6,8-9H,4-5,7H2,1-3H3/t8-,9-/m1/s1. The molecule has 0 aromatic carbocycles. The lowest BCUT2D eigenvalue weighted by atomic mass is 10.00. The number of ether oxygens (including phenoxy) is 2. The van der Waals surface area contributed by atoms with Crippen molar-refractivity contribution in [1.82, 2.24) is 0 Å². The maximum absolute atomic E-state index is 10.2. The summed E-state index contributed by atoms with van der Waals surface area (Å²) in [5.41, 5.74) is 0. The van der Waals surface area contributed by atoms with Crippen LogP contribution in [0.1, 0.15) is 26.7 Å². The predicted molar refractivity (Wildman–Crippen MR) is 46.9 cm³/mol. The molecule has 0 radical (unpaired) electrons. The van der Waals surface area contributed by atoms with E-state index in [-0.39, 0.29) is 12.0 Å². The summed E-state index contributed by atoms with van der Waals surface area (Å²) in [6, 6.07) is 0. The van der Waals surface area contributed by atoms with Gasteiger partial charge in [0.25, 0.3) is 0 Å². The van der Waals surface area contributed by atoms with Gasteiger partial charge in [0.1, 0.15) is 13.1 Å². The maximum Gasteiger partial charge on any atom is 0.146 e. The smallest absolute Gasteiger partial charge is 0.146 e. The van der Waals surface area contributed by atoms with E-state index >= 15 is 0 Å². The number of carbonyl (C=O) groups is 1. The third-order valence-corrected chi connectivity index (χ3v) is 1.91. The Morgan fingerprint density at radius 3 is 2.58 bits per heavy atom. The van der Waals surface area contributed by atoms with E-state index in [2.05, 4.69) is 0 Å². The van der Waals surface area contributed by atoms with E-state index in [0.717, 1.165) is 12.7 Å². The van der Waals surface area contributed by atoms with Gasteiger partial charge in [0.2, 0.25) is 0 Å². The fourth-order valence-electron chi connectivity index (χ4n) is 1.14. The van der Waals surface area contributed by atoms with Crippen LogP contribution < -0.4 is 0 Å². The topological polar surface area (TPSA) is 35.5 Å². The molecule has 0 unspecified atom stereocenters. The van der Waals surface area contributed by atoms with Crippen molar-refractivity contribution in [1.29, 1.82) is 0 Å². The van der Waals surface area contributed by atoms with Crippen molar-refractivity contribution < 1.29 is 14.3 Å². The van der Waals surface area contributed by atoms with Crippen LogP contribution in [-0.2, 0) is 14.3 Å². The molecule has 0 saturated heterocycles. The molecule has 0 aliphatic rings. The Kier molecular flexibility index (Phi) is 7.00. The molecule has 0 spiro atoms. The zero-order valence-electron chi connectivity index (χ0n) is 8.08. The van der Waals surface area contributed by atoms with Gasteiger partial charge < -0.3 is 14.3 Å². The highest BCUT2D eigenvalue weighted by Gasteiger charge is 2.14. The lowest BCUT2D eigenvalue weighted by Gasteiger charge is -2.20. The van der Waals surface area contributed by atoms with Crippen LogP contribution in [0.5, 0.6) is 0 Å². The fraction of sp³-hybridized carbons (Fsp3) is 0.889. The average molecular weight is 174 g/mol. The molecule has 3 nitrogen and oxygen atoms in total. The second-order valence-electron chi connectivity index (χ2n) is 2.90. The van der Waals surface area contributed by atoms with Gasteiger partial charge in [0, 0.05) is 13.5 Å². The monoisotopic (exact) mass is 174 g/mol. The summed E-state index contributed by atoms with van der Waals surface area (Å²) in [4.78, 5) is 10.2. The highest BCUT2D eigenvalue weighted by atomic mass is 16.7. The first-order valence-corrected chi connectivity index (χ1v) is 4.30. The van der Waals surface area contributed by atoms with E-state index in [1.807, 2.05) is 13.8 Å². The molecule has 0 aliphatic heterocycles. The van der Waals surface area contributed by atoms with Crippen molar-refractivity contribution in [3.8, 4) is 0 Å². The van der Waals surface area contributed by atoms with Gasteiger partial charge in [0.05, 0.1) is 6.10 Å². The van der Waals surface area contributed by atoms with Gasteiger partial charge in [-0.2, -0.15) is 0 Å². The molecule has 0 heterocycles. The second-order valence-corrected chi connectivity index (χ2v) is 2.90. The highest BCUT2D eigenvalue weighted by molar-refractivity contribution is 5.49. The molecule has 2 atom stereocenters. The summed E-state index contributed by atoms with van der Waals surface area (Å²) >= 11 is 0. The third kappa shape index (κ3) is 4.46. The Labute approximate surface area is 74.0 Å². The van der Waals surface area contributed by atoms with Crippen LogP contribution in [0.3, 0.4) is 0 Å². The first-order chi connectivity index (χ1) is 5.76. The van der Waals surface area contributed by atoms with Crippen molar-refractivity contribution in [2.45, 2.75) is 32.8 Å². The number of hydrogen-bond donors (Lipinski definition) is 0. The molecule has 12 heavy (non-hydrogen) atoms. The molecule has 72 valence electrons. The minimum absolute atomic E-state index is 0.134. The summed E-state index contributed by atoms with van der Waals surface area (Å²) < 4.78 is 10.2. The van der Waals surface area contributed by atoms with E-state index in [4.69, 9.17) is 9.47 Å². The molecule has 0 rings (SSSR count). The Morgan fingerprint density at radius 2 is 2.17 bits per heavy atom. The molecule has 0 aromatic heterocycles. The van der Waals surface area contributed by atoms with E-state index in [9.17, 15) is 4.79 Å². The number of methoxy groups -OCH3 is 1. The summed E-state index contributed by atoms with van der Waals surface area (Å²) in [7, 11) is 1.59. The van der Waals surface area contributed by atoms with Crippen LogP contribution in [0.15, 0.2) is 0 Å². The van der Waals surface area contributed by atoms with Crippen LogP contribution in [-0.4, -0.2) is 26.3 Å². The molecule has 0 aliphatic carbocycles. The van der Waals surface area contributed by atoms with Crippen LogP contribution in [0.2, 0.25) is 0 Å². The number of hydrogen-bond acceptors (Lipinski definition) is 3. The average Bonchev–Trinajstić information content (AvgIpc) is 2.06. The zero-order chi connectivity index (χ0) is 9.40. The van der Waals surface area contributed by atoms with Gasteiger partial charge in [-0.1, -0.05) is 13.8 Å². The normalized spacial score (nSPS) is 15.6. The van der Waals surface area contributed by atoms with Gasteiger partial charge in [-0.15, -0.1) is 0 Å². The van der Waals surface area contributed by atoms with E-state index in [1.54, 1.807) is 7.11 Å². The second kappa shape index (κ2) is 7.25. The molecule has 0 N–H and O–H groups in total. The number of aldehydes is 1. The Bertz CT molecular complexity index is 114. The molecule has 0 amide bonds. The lowest BCUT2D eigenvalue weighted by molar-refractivity contribution is -0.113. The Morgan fingerprint density at radius 1 is 1.50 bits per heavy atom. The van der Waals surface area contributed by atoms with Gasteiger partial charge in [-0.25, -0.2) is 0 Å². The molecule has 0 bridgehead atoms. The maximum atomic E-state index is 10.2. The summed E-state index contributed by atoms with van der Waals surface area (Å²) in [5, 5.41) is 0. The van der Waals surface area contributed by atoms with Gasteiger partial charge in [-0.05, 0) is 12.3 Å². The fourth-order valence-corrected chi connectivity index (χ4v) is 1.14. The van der Waals surface area contributed by atoms with Crippen LogP contribution in [0, 0.1) is 5.92 Å². The SMILES string of the molecule is CC[C@@H](OCOC)[C@H](C)CC=O. The number of carbonyl (C=O) groups excluding carboxylic acids is 1. The highest BCUT2D eigenvalue weighted by Crippen LogP contribution is 2.13. The third-order valence-electron chi connectivity index (χ3n) is 1.91. The molecule has 0 aromatic rings. The lowest BCUT2D eigenvalue weighted by Crippen LogP contribution is -2.22. The van der Waals surface area contributed by atoms with E-state index in [0.29, 0.717) is 13.2 Å². The van der Waals surface area contributed by atoms with Crippen molar-refractivity contribution >= 4 is 6.29 Å². The molecule has 0 fully saturated rings. The summed E-state index contributed by atoms with van der Waals surface area (Å²) in [6.45, 7) is 4.36. The van der Waals surface area contributed by atoms with Gasteiger partial charge in [-0.3, -0.25) is 0 Å².